The number of nitrogens with one attached hydrogen (secondary N) is 1. The van der Waals surface area contributed by atoms with Crippen LogP contribution in [0.25, 0.3) is 10.9 Å². The Bertz CT molecular complexity index is 1550. The van der Waals surface area contributed by atoms with Crippen LogP contribution < -0.4 is 16.7 Å². The Balaban J connectivity index is 1.63. The number of rotatable bonds is 11. The van der Waals surface area contributed by atoms with Crippen molar-refractivity contribution in [3.63, 3.8) is 0 Å². The summed E-state index contributed by atoms with van der Waals surface area (Å²) >= 11 is 6.13. The predicted octanol–water partition coefficient (Wildman–Crippen LogP) is 4.04. The van der Waals surface area contributed by atoms with Gasteiger partial charge in [-0.1, -0.05) is 35.9 Å². The van der Waals surface area contributed by atoms with Gasteiger partial charge in [0.05, 0.1) is 21.5 Å². The third-order valence-corrected chi connectivity index (χ3v) is 7.90. The molecule has 0 spiro atoms. The zero-order valence-corrected chi connectivity index (χ0v) is 21.6. The van der Waals surface area contributed by atoms with E-state index in [-0.39, 0.29) is 30.0 Å². The highest BCUT2D eigenvalue weighted by Gasteiger charge is 2.24. The summed E-state index contributed by atoms with van der Waals surface area (Å²) < 4.78 is 42.9. The molecular weight excluding hydrogens is 517 g/mol. The lowest BCUT2D eigenvalue weighted by molar-refractivity contribution is 0.398. The number of anilines is 1. The average Bonchev–Trinajstić information content (AvgIpc) is 2.88. The first kappa shape index (κ1) is 26.7. The van der Waals surface area contributed by atoms with Crippen LogP contribution in [0, 0.1) is 5.82 Å². The Kier molecular flexibility index (Phi) is 8.55. The van der Waals surface area contributed by atoms with E-state index >= 15 is 0 Å². The van der Waals surface area contributed by atoms with Crippen LogP contribution in [0.4, 0.5) is 10.1 Å². The molecule has 0 radical (unpaired) electrons. The number of para-hydroxylation sites is 1. The molecule has 0 fully saturated rings. The zero-order chi connectivity index (χ0) is 26.4. The van der Waals surface area contributed by atoms with Crippen molar-refractivity contribution in [1.82, 2.24) is 14.0 Å². The Morgan fingerprint density at radius 3 is 2.49 bits per heavy atom. The Morgan fingerprint density at radius 2 is 1.76 bits per heavy atom. The van der Waals surface area contributed by atoms with E-state index in [1.165, 1.54) is 27.2 Å². The van der Waals surface area contributed by atoms with Gasteiger partial charge in [0.2, 0.25) is 10.0 Å². The van der Waals surface area contributed by atoms with Crippen LogP contribution in [0.3, 0.4) is 0 Å². The third kappa shape index (κ3) is 6.34. The molecule has 0 bridgehead atoms. The first-order chi connectivity index (χ1) is 17.8. The Hall–Kier alpha value is -3.31. The predicted molar refractivity (Wildman–Crippen MR) is 144 cm³/mol. The number of hydrogen-bond acceptors (Lipinski definition) is 6. The molecule has 0 amide bonds. The van der Waals surface area contributed by atoms with E-state index in [1.54, 1.807) is 18.2 Å². The lowest BCUT2D eigenvalue weighted by Gasteiger charge is -2.22. The molecule has 1 heterocycles. The number of aryl methyl sites for hydroxylation is 1. The van der Waals surface area contributed by atoms with Gasteiger partial charge in [-0.3, -0.25) is 10.2 Å². The highest BCUT2D eigenvalue weighted by Crippen LogP contribution is 2.19. The summed E-state index contributed by atoms with van der Waals surface area (Å²) in [5.74, 6) is -0.208. The molecule has 0 saturated heterocycles. The van der Waals surface area contributed by atoms with Crippen LogP contribution in [0.1, 0.15) is 18.7 Å². The van der Waals surface area contributed by atoms with E-state index in [9.17, 15) is 17.6 Å². The molecule has 194 valence electrons. The minimum atomic E-state index is -3.94. The minimum absolute atomic E-state index is 0.120. The van der Waals surface area contributed by atoms with E-state index < -0.39 is 15.8 Å². The summed E-state index contributed by atoms with van der Waals surface area (Å²) in [6, 6.07) is 19.0. The van der Waals surface area contributed by atoms with Gasteiger partial charge in [0.1, 0.15) is 11.6 Å². The fourth-order valence-corrected chi connectivity index (χ4v) is 5.65. The second-order valence-corrected chi connectivity index (χ2v) is 10.8. The maximum atomic E-state index is 13.7. The quantitative estimate of drug-likeness (QED) is 0.295. The van der Waals surface area contributed by atoms with Gasteiger partial charge in [-0.25, -0.2) is 22.5 Å². The van der Waals surface area contributed by atoms with Crippen LogP contribution in [-0.2, 0) is 16.4 Å². The summed E-state index contributed by atoms with van der Waals surface area (Å²) in [5.41, 5.74) is 9.58. The standard InChI is InChI=1S/C26H27ClFN5O3S/c27-19-12-13-23-24(17-19)30-25(33(26(23)34)31-21-8-2-1-3-9-21)11-5-15-32(16-6-14-29)37(35,36)22-10-4-7-20(28)18-22/h1-4,7-10,12-13,17-18,31H,5-6,11,14-16,29H2. The number of fused-ring (bicyclic) bond motifs is 1. The van der Waals surface area contributed by atoms with Crippen molar-refractivity contribution in [2.75, 3.05) is 25.1 Å². The van der Waals surface area contributed by atoms with Gasteiger partial charge in [-0.05, 0) is 67.9 Å². The first-order valence-electron chi connectivity index (χ1n) is 11.8. The lowest BCUT2D eigenvalue weighted by atomic mass is 10.2. The molecule has 4 rings (SSSR count). The Morgan fingerprint density at radius 1 is 1.00 bits per heavy atom. The van der Waals surface area contributed by atoms with Crippen LogP contribution in [0.5, 0.6) is 0 Å². The van der Waals surface area contributed by atoms with Crippen molar-refractivity contribution in [3.05, 3.63) is 99.8 Å². The van der Waals surface area contributed by atoms with Crippen molar-refractivity contribution < 1.29 is 12.8 Å². The number of nitrogens with two attached hydrogens (primary N) is 1. The number of sulfonamides is 1. The van der Waals surface area contributed by atoms with E-state index in [2.05, 4.69) is 10.4 Å². The number of hydrogen-bond donors (Lipinski definition) is 2. The molecule has 11 heteroatoms. The van der Waals surface area contributed by atoms with Gasteiger partial charge < -0.3 is 5.73 Å². The van der Waals surface area contributed by atoms with Gasteiger partial charge in [0.15, 0.2) is 0 Å². The van der Waals surface area contributed by atoms with Crippen molar-refractivity contribution in [3.8, 4) is 0 Å². The molecule has 4 aromatic rings. The van der Waals surface area contributed by atoms with E-state index in [0.29, 0.717) is 46.8 Å². The van der Waals surface area contributed by atoms with Gasteiger partial charge >= 0.3 is 0 Å². The van der Waals surface area contributed by atoms with E-state index in [1.807, 2.05) is 30.3 Å². The molecule has 0 aliphatic carbocycles. The Labute approximate surface area is 219 Å². The van der Waals surface area contributed by atoms with Gasteiger partial charge in [0, 0.05) is 24.5 Å². The monoisotopic (exact) mass is 543 g/mol. The molecule has 3 aromatic carbocycles. The normalized spacial score (nSPS) is 11.8. The number of halogens is 2. The maximum absolute atomic E-state index is 13.7. The molecule has 1 aromatic heterocycles. The highest BCUT2D eigenvalue weighted by molar-refractivity contribution is 7.89. The molecule has 0 aliphatic heterocycles. The SMILES string of the molecule is NCCCN(CCCc1nc2cc(Cl)ccc2c(=O)n1Nc1ccccc1)S(=O)(=O)c1cccc(F)c1. The smallest absolute Gasteiger partial charge is 0.280 e. The molecular formula is C26H27ClFN5O3S. The molecule has 8 nitrogen and oxygen atoms in total. The molecule has 3 N–H and O–H groups in total. The second-order valence-electron chi connectivity index (χ2n) is 8.42. The van der Waals surface area contributed by atoms with E-state index in [0.717, 1.165) is 6.07 Å². The average molecular weight is 544 g/mol. The summed E-state index contributed by atoms with van der Waals surface area (Å²) in [6.07, 6.45) is 1.09. The van der Waals surface area contributed by atoms with Crippen LogP contribution in [-0.4, -0.2) is 42.0 Å². The van der Waals surface area contributed by atoms with Gasteiger partial charge in [-0.2, -0.15) is 4.31 Å². The van der Waals surface area contributed by atoms with Crippen molar-refractivity contribution >= 4 is 38.2 Å². The lowest BCUT2D eigenvalue weighted by Crippen LogP contribution is -2.35. The van der Waals surface area contributed by atoms with Crippen LogP contribution in [0.2, 0.25) is 5.02 Å². The number of aromatic nitrogens is 2. The second kappa shape index (κ2) is 11.8. The topological polar surface area (TPSA) is 110 Å². The fraction of sp³-hybridized carbons (Fsp3) is 0.231. The maximum Gasteiger partial charge on any atom is 0.280 e. The van der Waals surface area contributed by atoms with Gasteiger partial charge in [0.25, 0.3) is 5.56 Å². The fourth-order valence-electron chi connectivity index (χ4n) is 3.94. The molecule has 37 heavy (non-hydrogen) atoms. The molecule has 0 saturated carbocycles. The van der Waals surface area contributed by atoms with Gasteiger partial charge in [-0.15, -0.1) is 0 Å². The largest absolute Gasteiger partial charge is 0.330 e. The van der Waals surface area contributed by atoms with Crippen LogP contribution in [0.15, 0.2) is 82.5 Å². The van der Waals surface area contributed by atoms with E-state index in [4.69, 9.17) is 17.3 Å². The highest BCUT2D eigenvalue weighted by atomic mass is 35.5. The first-order valence-corrected chi connectivity index (χ1v) is 13.6. The third-order valence-electron chi connectivity index (χ3n) is 5.77. The minimum Gasteiger partial charge on any atom is -0.330 e. The number of benzene rings is 3. The van der Waals surface area contributed by atoms with Crippen molar-refractivity contribution in [2.24, 2.45) is 5.73 Å². The summed E-state index contributed by atoms with van der Waals surface area (Å²) in [5, 5.41) is 0.850. The summed E-state index contributed by atoms with van der Waals surface area (Å²) in [6.45, 7) is 0.626. The summed E-state index contributed by atoms with van der Waals surface area (Å²) in [4.78, 5) is 17.9. The molecule has 0 aliphatic rings. The van der Waals surface area contributed by atoms with Crippen molar-refractivity contribution in [2.45, 2.75) is 24.2 Å². The zero-order valence-electron chi connectivity index (χ0n) is 20.0. The summed E-state index contributed by atoms with van der Waals surface area (Å²) in [7, 11) is -3.94. The van der Waals surface area contributed by atoms with Crippen molar-refractivity contribution in [1.29, 1.82) is 0 Å². The number of nitrogens with zero attached hydrogens (tertiary/aromatic N) is 3. The molecule has 0 atom stereocenters. The van der Waals surface area contributed by atoms with Crippen LogP contribution >= 0.6 is 11.6 Å². The molecule has 0 unspecified atom stereocenters.